The Bertz CT molecular complexity index is 445. The van der Waals surface area contributed by atoms with Gasteiger partial charge >= 0.3 is 6.18 Å². The molecule has 0 bridgehead atoms. The topological polar surface area (TPSA) is 15.3 Å². The summed E-state index contributed by atoms with van der Waals surface area (Å²) in [5.74, 6) is 0.429. The van der Waals surface area contributed by atoms with E-state index >= 15 is 0 Å². The van der Waals surface area contributed by atoms with Crippen molar-refractivity contribution < 1.29 is 13.2 Å². The van der Waals surface area contributed by atoms with E-state index in [0.717, 1.165) is 32.1 Å². The number of anilines is 1. The summed E-state index contributed by atoms with van der Waals surface area (Å²) in [7, 11) is 0. The maximum Gasteiger partial charge on any atom is 0.416 e. The van der Waals surface area contributed by atoms with E-state index in [-0.39, 0.29) is 0 Å². The van der Waals surface area contributed by atoms with Crippen LogP contribution >= 0.6 is 0 Å². The SMILES string of the molecule is CCNC1CCN(c2cccc(C(F)(F)F)c2)CC1C. The fourth-order valence-electron chi connectivity index (χ4n) is 2.82. The molecular weight excluding hydrogens is 265 g/mol. The highest BCUT2D eigenvalue weighted by molar-refractivity contribution is 5.49. The minimum Gasteiger partial charge on any atom is -0.371 e. The Morgan fingerprint density at radius 3 is 2.70 bits per heavy atom. The van der Waals surface area contributed by atoms with Gasteiger partial charge in [0, 0.05) is 24.8 Å². The highest BCUT2D eigenvalue weighted by atomic mass is 19.4. The lowest BCUT2D eigenvalue weighted by Crippen LogP contribution is -2.48. The molecule has 0 radical (unpaired) electrons. The molecule has 2 rings (SSSR count). The third kappa shape index (κ3) is 3.45. The van der Waals surface area contributed by atoms with E-state index < -0.39 is 11.7 Å². The van der Waals surface area contributed by atoms with E-state index in [1.807, 2.05) is 4.90 Å². The Hall–Kier alpha value is -1.23. The second-order valence-corrected chi connectivity index (χ2v) is 5.42. The summed E-state index contributed by atoms with van der Waals surface area (Å²) < 4.78 is 38.2. The first-order chi connectivity index (χ1) is 9.41. The third-order valence-corrected chi connectivity index (χ3v) is 3.91. The maximum atomic E-state index is 12.7. The molecule has 1 N–H and O–H groups in total. The number of piperidine rings is 1. The Balaban J connectivity index is 2.10. The molecule has 1 heterocycles. The quantitative estimate of drug-likeness (QED) is 0.914. The van der Waals surface area contributed by atoms with Crippen molar-refractivity contribution in [2.45, 2.75) is 32.5 Å². The Morgan fingerprint density at radius 2 is 2.10 bits per heavy atom. The van der Waals surface area contributed by atoms with Gasteiger partial charge in [-0.2, -0.15) is 13.2 Å². The molecule has 112 valence electrons. The van der Waals surface area contributed by atoms with Crippen molar-refractivity contribution in [3.63, 3.8) is 0 Å². The number of hydrogen-bond donors (Lipinski definition) is 1. The summed E-state index contributed by atoms with van der Waals surface area (Å²) in [6.45, 7) is 6.74. The standard InChI is InChI=1S/C15H21F3N2/c1-3-19-14-7-8-20(10-11(14)2)13-6-4-5-12(9-13)15(16,17)18/h4-6,9,11,14,19H,3,7-8,10H2,1-2H3. The van der Waals surface area contributed by atoms with Crippen LogP contribution in [-0.4, -0.2) is 25.7 Å². The molecule has 0 aromatic heterocycles. The van der Waals surface area contributed by atoms with Gasteiger partial charge in [0.1, 0.15) is 0 Å². The zero-order valence-electron chi connectivity index (χ0n) is 11.9. The van der Waals surface area contributed by atoms with Gasteiger partial charge in [0.15, 0.2) is 0 Å². The largest absolute Gasteiger partial charge is 0.416 e. The summed E-state index contributed by atoms with van der Waals surface area (Å²) in [5.41, 5.74) is 0.0954. The summed E-state index contributed by atoms with van der Waals surface area (Å²) in [4.78, 5) is 2.05. The summed E-state index contributed by atoms with van der Waals surface area (Å²) in [5, 5.41) is 3.44. The van der Waals surface area contributed by atoms with E-state index in [9.17, 15) is 13.2 Å². The van der Waals surface area contributed by atoms with Crippen molar-refractivity contribution in [3.05, 3.63) is 29.8 Å². The summed E-state index contributed by atoms with van der Waals surface area (Å²) >= 11 is 0. The highest BCUT2D eigenvalue weighted by Gasteiger charge is 2.31. The first-order valence-corrected chi connectivity index (χ1v) is 7.07. The predicted molar refractivity (Wildman–Crippen MR) is 74.9 cm³/mol. The van der Waals surface area contributed by atoms with Crippen LogP contribution in [0.15, 0.2) is 24.3 Å². The smallest absolute Gasteiger partial charge is 0.371 e. The van der Waals surface area contributed by atoms with Crippen molar-refractivity contribution in [2.24, 2.45) is 5.92 Å². The molecule has 1 aromatic carbocycles. The lowest BCUT2D eigenvalue weighted by atomic mass is 9.93. The molecule has 1 aliphatic heterocycles. The Labute approximate surface area is 118 Å². The predicted octanol–water partition coefficient (Wildman–Crippen LogP) is 3.53. The van der Waals surface area contributed by atoms with Crippen LogP contribution in [0.3, 0.4) is 0 Å². The zero-order valence-corrected chi connectivity index (χ0v) is 11.9. The van der Waals surface area contributed by atoms with E-state index in [1.54, 1.807) is 6.07 Å². The lowest BCUT2D eigenvalue weighted by Gasteiger charge is -2.38. The normalized spacial score (nSPS) is 23.9. The summed E-state index contributed by atoms with van der Waals surface area (Å²) in [6, 6.07) is 6.08. The van der Waals surface area contributed by atoms with Crippen LogP contribution < -0.4 is 10.2 Å². The number of benzene rings is 1. The number of hydrogen-bond acceptors (Lipinski definition) is 2. The lowest BCUT2D eigenvalue weighted by molar-refractivity contribution is -0.137. The van der Waals surface area contributed by atoms with Gasteiger partial charge in [-0.1, -0.05) is 19.9 Å². The first kappa shape index (κ1) is 15.2. The second-order valence-electron chi connectivity index (χ2n) is 5.42. The van der Waals surface area contributed by atoms with Crippen molar-refractivity contribution in [1.82, 2.24) is 5.32 Å². The van der Waals surface area contributed by atoms with E-state index in [2.05, 4.69) is 19.2 Å². The van der Waals surface area contributed by atoms with Gasteiger partial charge in [0.2, 0.25) is 0 Å². The van der Waals surface area contributed by atoms with Crippen LogP contribution in [0.4, 0.5) is 18.9 Å². The first-order valence-electron chi connectivity index (χ1n) is 7.07. The van der Waals surface area contributed by atoms with Gasteiger partial charge in [-0.25, -0.2) is 0 Å². The number of rotatable bonds is 3. The molecule has 2 unspecified atom stereocenters. The molecule has 0 aliphatic carbocycles. The average Bonchev–Trinajstić information content (AvgIpc) is 2.40. The van der Waals surface area contributed by atoms with Gasteiger partial charge < -0.3 is 10.2 Å². The summed E-state index contributed by atoms with van der Waals surface area (Å²) in [6.07, 6.45) is -3.31. The van der Waals surface area contributed by atoms with Gasteiger partial charge in [-0.05, 0) is 37.1 Å². The number of halogens is 3. The van der Waals surface area contributed by atoms with Gasteiger partial charge in [-0.15, -0.1) is 0 Å². The van der Waals surface area contributed by atoms with Crippen LogP contribution in [0, 0.1) is 5.92 Å². The zero-order chi connectivity index (χ0) is 14.8. The number of nitrogens with zero attached hydrogens (tertiary/aromatic N) is 1. The molecule has 1 aromatic rings. The van der Waals surface area contributed by atoms with Crippen LogP contribution in [0.2, 0.25) is 0 Å². The molecule has 1 saturated heterocycles. The van der Waals surface area contributed by atoms with Crippen molar-refractivity contribution in [2.75, 3.05) is 24.5 Å². The fourth-order valence-corrected chi connectivity index (χ4v) is 2.82. The monoisotopic (exact) mass is 286 g/mol. The molecule has 0 saturated carbocycles. The maximum absolute atomic E-state index is 12.7. The van der Waals surface area contributed by atoms with Crippen LogP contribution in [-0.2, 0) is 6.18 Å². The minimum absolute atomic E-state index is 0.429. The van der Waals surface area contributed by atoms with Crippen molar-refractivity contribution in [3.8, 4) is 0 Å². The van der Waals surface area contributed by atoms with E-state index in [1.165, 1.54) is 12.1 Å². The second kappa shape index (κ2) is 6.04. The van der Waals surface area contributed by atoms with Crippen LogP contribution in [0.1, 0.15) is 25.8 Å². The molecular formula is C15H21F3N2. The average molecular weight is 286 g/mol. The molecule has 1 aliphatic rings. The number of alkyl halides is 3. The minimum atomic E-state index is -4.27. The molecule has 5 heteroatoms. The fraction of sp³-hybridized carbons (Fsp3) is 0.600. The molecule has 2 nitrogen and oxygen atoms in total. The van der Waals surface area contributed by atoms with E-state index in [4.69, 9.17) is 0 Å². The number of nitrogens with one attached hydrogen (secondary N) is 1. The molecule has 20 heavy (non-hydrogen) atoms. The van der Waals surface area contributed by atoms with Crippen molar-refractivity contribution in [1.29, 1.82) is 0 Å². The van der Waals surface area contributed by atoms with Gasteiger partial charge in [0.05, 0.1) is 5.56 Å². The highest BCUT2D eigenvalue weighted by Crippen LogP contribution is 2.32. The third-order valence-electron chi connectivity index (χ3n) is 3.91. The van der Waals surface area contributed by atoms with E-state index in [0.29, 0.717) is 17.6 Å². The van der Waals surface area contributed by atoms with Gasteiger partial charge in [-0.3, -0.25) is 0 Å². The molecule has 2 atom stereocenters. The Morgan fingerprint density at radius 1 is 1.35 bits per heavy atom. The molecule has 1 fully saturated rings. The molecule has 0 amide bonds. The van der Waals surface area contributed by atoms with Crippen LogP contribution in [0.5, 0.6) is 0 Å². The van der Waals surface area contributed by atoms with Crippen LogP contribution in [0.25, 0.3) is 0 Å². The van der Waals surface area contributed by atoms with Crippen molar-refractivity contribution >= 4 is 5.69 Å². The Kier molecular flexibility index (Phi) is 4.58. The van der Waals surface area contributed by atoms with Gasteiger partial charge in [0.25, 0.3) is 0 Å². The molecule has 0 spiro atoms.